The van der Waals surface area contributed by atoms with Gasteiger partial charge in [0.25, 0.3) is 5.91 Å². The molecule has 10 heteroatoms. The lowest BCUT2D eigenvalue weighted by Gasteiger charge is -2.29. The van der Waals surface area contributed by atoms with Crippen molar-refractivity contribution in [2.45, 2.75) is 76.5 Å². The number of allylic oxidation sites excluding steroid dienone is 1. The van der Waals surface area contributed by atoms with Gasteiger partial charge < -0.3 is 30.3 Å². The summed E-state index contributed by atoms with van der Waals surface area (Å²) in [5, 5.41) is 33.7. The van der Waals surface area contributed by atoms with Crippen LogP contribution in [-0.4, -0.2) is 76.1 Å². The Hall–Kier alpha value is -2.84. The topological polar surface area (TPSA) is 124 Å². The molecule has 2 amide bonds. The second-order valence-electron chi connectivity index (χ2n) is 9.11. The Morgan fingerprint density at radius 3 is 2.64 bits per heavy atom. The van der Waals surface area contributed by atoms with Gasteiger partial charge in [0.15, 0.2) is 6.10 Å². The monoisotopic (exact) mass is 505 g/mol. The van der Waals surface area contributed by atoms with Crippen molar-refractivity contribution in [3.05, 3.63) is 53.1 Å². The first-order valence-electron chi connectivity index (χ1n) is 12.1. The number of benzene rings is 1. The number of rotatable bonds is 11. The third-order valence-corrected chi connectivity index (χ3v) is 6.41. The van der Waals surface area contributed by atoms with E-state index in [1.54, 1.807) is 12.1 Å². The summed E-state index contributed by atoms with van der Waals surface area (Å²) < 4.78 is 19.1. The highest BCUT2D eigenvalue weighted by atomic mass is 19.1. The summed E-state index contributed by atoms with van der Waals surface area (Å²) in [7, 11) is 1.18. The first-order chi connectivity index (χ1) is 17.1. The van der Waals surface area contributed by atoms with E-state index in [9.17, 15) is 29.3 Å². The standard InChI is InChI=1S/C26H36FN3O6/c1-5-16(2)9-12-21(31)22(32)23(33)24(36-4)25(34)29-20-8-6-7-13-30(26(20)35)15-17-10-11-19(28-3)18(27)14-17/h9-12,14,16,20-24,31-33H,5-8,13,15H2,1-2,4H3,(H,29,34)/b12-9+/t16?,20-,21+,22-,23+,24+/m0/s1. The summed E-state index contributed by atoms with van der Waals surface area (Å²) >= 11 is 0. The predicted molar refractivity (Wildman–Crippen MR) is 131 cm³/mol. The summed E-state index contributed by atoms with van der Waals surface area (Å²) in [6.07, 6.45) is -0.751. The van der Waals surface area contributed by atoms with E-state index in [4.69, 9.17) is 11.3 Å². The Balaban J connectivity index is 2.07. The molecule has 1 aromatic rings. The van der Waals surface area contributed by atoms with E-state index in [1.165, 1.54) is 30.2 Å². The van der Waals surface area contributed by atoms with Gasteiger partial charge in [0.05, 0.1) is 6.57 Å². The number of nitrogens with zero attached hydrogens (tertiary/aromatic N) is 2. The minimum Gasteiger partial charge on any atom is -0.387 e. The second kappa shape index (κ2) is 14.0. The van der Waals surface area contributed by atoms with E-state index in [1.807, 2.05) is 13.8 Å². The van der Waals surface area contributed by atoms with Crippen LogP contribution in [0.5, 0.6) is 0 Å². The van der Waals surface area contributed by atoms with E-state index < -0.39 is 42.2 Å². The third kappa shape index (κ3) is 7.83. The van der Waals surface area contributed by atoms with E-state index in [2.05, 4.69) is 10.2 Å². The van der Waals surface area contributed by atoms with E-state index in [0.29, 0.717) is 31.4 Å². The number of halogens is 1. The number of methoxy groups -OCH3 is 1. The minimum absolute atomic E-state index is 0.0991. The van der Waals surface area contributed by atoms with E-state index in [0.717, 1.165) is 6.42 Å². The number of amides is 2. The molecular weight excluding hydrogens is 469 g/mol. The molecule has 1 heterocycles. The maximum Gasteiger partial charge on any atom is 0.252 e. The van der Waals surface area contributed by atoms with Crippen molar-refractivity contribution in [3.8, 4) is 0 Å². The van der Waals surface area contributed by atoms with Crippen LogP contribution >= 0.6 is 0 Å². The maximum atomic E-state index is 14.0. The average Bonchev–Trinajstić information content (AvgIpc) is 3.03. The second-order valence-corrected chi connectivity index (χ2v) is 9.11. The van der Waals surface area contributed by atoms with Gasteiger partial charge in [-0.2, -0.15) is 0 Å². The van der Waals surface area contributed by atoms with Crippen LogP contribution in [0.1, 0.15) is 45.1 Å². The number of ether oxygens (including phenoxy) is 1. The molecule has 1 saturated heterocycles. The molecular formula is C26H36FN3O6. The molecule has 2 rings (SSSR count). The highest BCUT2D eigenvalue weighted by molar-refractivity contribution is 5.89. The maximum absolute atomic E-state index is 14.0. The molecule has 1 fully saturated rings. The zero-order valence-corrected chi connectivity index (χ0v) is 20.9. The average molecular weight is 506 g/mol. The minimum atomic E-state index is -1.74. The molecule has 6 atom stereocenters. The molecule has 1 aliphatic rings. The lowest BCUT2D eigenvalue weighted by molar-refractivity contribution is -0.151. The van der Waals surface area contributed by atoms with Gasteiger partial charge in [-0.3, -0.25) is 9.59 Å². The van der Waals surface area contributed by atoms with E-state index >= 15 is 0 Å². The Bertz CT molecular complexity index is 965. The van der Waals surface area contributed by atoms with Gasteiger partial charge in [0.1, 0.15) is 30.2 Å². The van der Waals surface area contributed by atoms with Crippen molar-refractivity contribution >= 4 is 17.5 Å². The molecule has 9 nitrogen and oxygen atoms in total. The Labute approximate surface area is 211 Å². The van der Waals surface area contributed by atoms with Gasteiger partial charge in [-0.05, 0) is 36.8 Å². The zero-order valence-electron chi connectivity index (χ0n) is 20.9. The number of hydrogen-bond acceptors (Lipinski definition) is 6. The molecule has 0 spiro atoms. The van der Waals surface area contributed by atoms with Crippen LogP contribution in [0.15, 0.2) is 30.4 Å². The summed E-state index contributed by atoms with van der Waals surface area (Å²) in [5.41, 5.74) is 0.422. The van der Waals surface area contributed by atoms with Crippen LogP contribution in [0.4, 0.5) is 10.1 Å². The number of aliphatic hydroxyl groups is 3. The molecule has 36 heavy (non-hydrogen) atoms. The van der Waals surface area contributed by atoms with Gasteiger partial charge in [0, 0.05) is 20.2 Å². The van der Waals surface area contributed by atoms with Crippen molar-refractivity contribution in [2.24, 2.45) is 5.92 Å². The van der Waals surface area contributed by atoms with Gasteiger partial charge >= 0.3 is 0 Å². The van der Waals surface area contributed by atoms with Gasteiger partial charge in [-0.15, -0.1) is 0 Å². The Kier molecular flexibility index (Phi) is 11.5. The van der Waals surface area contributed by atoms with Crippen molar-refractivity contribution in [3.63, 3.8) is 0 Å². The number of aliphatic hydroxyl groups excluding tert-OH is 3. The Morgan fingerprint density at radius 1 is 1.31 bits per heavy atom. The molecule has 0 bridgehead atoms. The lowest BCUT2D eigenvalue weighted by Crippen LogP contribution is -2.55. The fourth-order valence-corrected chi connectivity index (χ4v) is 3.95. The summed E-state index contributed by atoms with van der Waals surface area (Å²) in [4.78, 5) is 30.7. The Morgan fingerprint density at radius 2 is 2.03 bits per heavy atom. The van der Waals surface area contributed by atoms with Crippen LogP contribution in [-0.2, 0) is 20.9 Å². The van der Waals surface area contributed by atoms with Gasteiger partial charge in [-0.1, -0.05) is 44.6 Å². The van der Waals surface area contributed by atoms with Crippen LogP contribution in [0, 0.1) is 18.3 Å². The fraction of sp³-hybridized carbons (Fsp3) is 0.577. The van der Waals surface area contributed by atoms with Crippen LogP contribution in [0.25, 0.3) is 4.85 Å². The molecule has 0 aliphatic carbocycles. The lowest BCUT2D eigenvalue weighted by atomic mass is 9.99. The highest BCUT2D eigenvalue weighted by Gasteiger charge is 2.37. The number of hydrogen-bond donors (Lipinski definition) is 4. The molecule has 0 radical (unpaired) electrons. The quantitative estimate of drug-likeness (QED) is 0.270. The number of carbonyl (C=O) groups excluding carboxylic acids is 2. The fourth-order valence-electron chi connectivity index (χ4n) is 3.95. The van der Waals surface area contributed by atoms with Crippen molar-refractivity contribution in [1.29, 1.82) is 0 Å². The van der Waals surface area contributed by atoms with Crippen molar-refractivity contribution < 1.29 is 34.0 Å². The van der Waals surface area contributed by atoms with Crippen molar-refractivity contribution in [2.75, 3.05) is 13.7 Å². The van der Waals surface area contributed by atoms with Gasteiger partial charge in [0.2, 0.25) is 11.6 Å². The molecule has 1 unspecified atom stereocenters. The first-order valence-corrected chi connectivity index (χ1v) is 12.1. The summed E-state index contributed by atoms with van der Waals surface area (Å²) in [6.45, 7) is 11.4. The smallest absolute Gasteiger partial charge is 0.252 e. The SMILES string of the molecule is [C-]#[N+]c1ccc(CN2CCCC[C@H](NC(=O)[C@H](OC)[C@H](O)[C@@H](O)[C@H](O)/C=C/C(C)CC)C2=O)cc1F. The summed E-state index contributed by atoms with van der Waals surface area (Å²) in [5.74, 6) is -1.66. The summed E-state index contributed by atoms with van der Waals surface area (Å²) in [6, 6.07) is 3.27. The van der Waals surface area contributed by atoms with Gasteiger partial charge in [-0.25, -0.2) is 9.24 Å². The third-order valence-electron chi connectivity index (χ3n) is 6.41. The largest absolute Gasteiger partial charge is 0.387 e. The van der Waals surface area contributed by atoms with Crippen LogP contribution in [0.3, 0.4) is 0 Å². The van der Waals surface area contributed by atoms with Crippen LogP contribution < -0.4 is 5.32 Å². The van der Waals surface area contributed by atoms with E-state index in [-0.39, 0.29) is 24.1 Å². The first kappa shape index (κ1) is 29.4. The normalized spacial score (nSPS) is 20.8. The number of nitrogens with one attached hydrogen (secondary N) is 1. The molecule has 0 saturated carbocycles. The predicted octanol–water partition coefficient (Wildman–Crippen LogP) is 2.07. The highest BCUT2D eigenvalue weighted by Crippen LogP contribution is 2.22. The zero-order chi connectivity index (χ0) is 26.8. The van der Waals surface area contributed by atoms with Crippen LogP contribution in [0.2, 0.25) is 0 Å². The van der Waals surface area contributed by atoms with Crippen molar-refractivity contribution in [1.82, 2.24) is 10.2 Å². The molecule has 1 aromatic carbocycles. The number of carbonyl (C=O) groups is 2. The molecule has 0 aromatic heterocycles. The molecule has 198 valence electrons. The molecule has 4 N–H and O–H groups in total. The number of likely N-dealkylation sites (tertiary alicyclic amines) is 1. The molecule has 1 aliphatic heterocycles.